The molecule has 21 heavy (non-hydrogen) atoms. The minimum absolute atomic E-state index is 0.0871. The van der Waals surface area contributed by atoms with Crippen LogP contribution >= 0.6 is 11.3 Å². The van der Waals surface area contributed by atoms with Gasteiger partial charge in [-0.15, -0.1) is 10.2 Å². The van der Waals surface area contributed by atoms with Crippen LogP contribution < -0.4 is 10.7 Å². The van der Waals surface area contributed by atoms with E-state index in [9.17, 15) is 9.59 Å². The number of aryl methyl sites for hydroxylation is 2. The van der Waals surface area contributed by atoms with Crippen molar-refractivity contribution in [1.82, 2.24) is 14.8 Å². The second-order valence-corrected chi connectivity index (χ2v) is 5.76. The van der Waals surface area contributed by atoms with Crippen LogP contribution in [0.15, 0.2) is 35.3 Å². The number of rotatable bonds is 2. The minimum atomic E-state index is -0.475. The number of anilines is 1. The Bertz CT molecular complexity index is 897. The van der Waals surface area contributed by atoms with Gasteiger partial charge < -0.3 is 4.57 Å². The zero-order chi connectivity index (χ0) is 15.0. The van der Waals surface area contributed by atoms with E-state index in [1.54, 1.807) is 30.7 Å². The Morgan fingerprint density at radius 1 is 1.29 bits per heavy atom. The van der Waals surface area contributed by atoms with Gasteiger partial charge >= 0.3 is 0 Å². The molecule has 2 heterocycles. The van der Waals surface area contributed by atoms with Gasteiger partial charge in [0.05, 0.1) is 5.52 Å². The molecule has 0 aliphatic heterocycles. The molecule has 0 atom stereocenters. The lowest BCUT2D eigenvalue weighted by atomic mass is 10.1. The van der Waals surface area contributed by atoms with E-state index in [4.69, 9.17) is 0 Å². The van der Waals surface area contributed by atoms with Crippen LogP contribution in [0.5, 0.6) is 0 Å². The molecule has 0 bridgehead atoms. The summed E-state index contributed by atoms with van der Waals surface area (Å²) in [6, 6.07) is 7.18. The fraction of sp³-hybridized carbons (Fsp3) is 0.143. The maximum absolute atomic E-state index is 12.4. The van der Waals surface area contributed by atoms with E-state index in [0.29, 0.717) is 10.5 Å². The van der Waals surface area contributed by atoms with Crippen LogP contribution in [0.4, 0.5) is 5.13 Å². The Morgan fingerprint density at radius 3 is 2.76 bits per heavy atom. The summed E-state index contributed by atoms with van der Waals surface area (Å²) >= 11 is 1.26. The second kappa shape index (κ2) is 5.10. The summed E-state index contributed by atoms with van der Waals surface area (Å²) in [6.45, 7) is 1.79. The molecule has 2 aromatic heterocycles. The number of para-hydroxylation sites is 1. The number of fused-ring (bicyclic) bond motifs is 1. The van der Waals surface area contributed by atoms with Gasteiger partial charge in [-0.25, -0.2) is 0 Å². The summed E-state index contributed by atoms with van der Waals surface area (Å²) in [5, 5.41) is 11.9. The van der Waals surface area contributed by atoms with Gasteiger partial charge in [-0.05, 0) is 19.1 Å². The van der Waals surface area contributed by atoms with Crippen LogP contribution in [-0.2, 0) is 7.05 Å². The Hall–Kier alpha value is -2.54. The fourth-order valence-corrected chi connectivity index (χ4v) is 2.70. The number of amides is 1. The molecule has 1 amide bonds. The van der Waals surface area contributed by atoms with Gasteiger partial charge in [0.1, 0.15) is 10.6 Å². The number of carbonyl (C=O) groups excluding carboxylic acids is 1. The summed E-state index contributed by atoms with van der Waals surface area (Å²) in [7, 11) is 1.80. The molecule has 0 aliphatic rings. The van der Waals surface area contributed by atoms with Gasteiger partial charge in [0.15, 0.2) is 0 Å². The predicted molar refractivity (Wildman–Crippen MR) is 81.8 cm³/mol. The van der Waals surface area contributed by atoms with Gasteiger partial charge in [0, 0.05) is 18.6 Å². The van der Waals surface area contributed by atoms with Crippen LogP contribution in [0.3, 0.4) is 0 Å². The fourth-order valence-electron chi connectivity index (χ4n) is 2.11. The van der Waals surface area contributed by atoms with E-state index in [-0.39, 0.29) is 11.0 Å². The third kappa shape index (κ3) is 2.43. The van der Waals surface area contributed by atoms with Gasteiger partial charge in [-0.2, -0.15) is 0 Å². The average molecular weight is 300 g/mol. The minimum Gasteiger partial charge on any atom is -0.350 e. The molecule has 0 saturated carbocycles. The van der Waals surface area contributed by atoms with Crippen molar-refractivity contribution in [2.24, 2.45) is 7.05 Å². The van der Waals surface area contributed by atoms with Crippen molar-refractivity contribution in [3.05, 3.63) is 51.3 Å². The lowest BCUT2D eigenvalue weighted by Crippen LogP contribution is -2.23. The first-order valence-electron chi connectivity index (χ1n) is 6.26. The number of carbonyl (C=O) groups is 1. The zero-order valence-electron chi connectivity index (χ0n) is 11.5. The van der Waals surface area contributed by atoms with Crippen LogP contribution in [0.25, 0.3) is 10.9 Å². The first-order chi connectivity index (χ1) is 10.1. The predicted octanol–water partition coefficient (Wildman–Crippen LogP) is 1.95. The van der Waals surface area contributed by atoms with E-state index in [1.807, 2.05) is 12.1 Å². The van der Waals surface area contributed by atoms with E-state index in [2.05, 4.69) is 15.5 Å². The molecular formula is C14H12N4O2S. The first kappa shape index (κ1) is 13.4. The Kier molecular flexibility index (Phi) is 3.26. The van der Waals surface area contributed by atoms with Crippen molar-refractivity contribution >= 4 is 33.3 Å². The van der Waals surface area contributed by atoms with Crippen molar-refractivity contribution < 1.29 is 4.79 Å². The normalized spacial score (nSPS) is 10.8. The lowest BCUT2D eigenvalue weighted by Gasteiger charge is -2.08. The summed E-state index contributed by atoms with van der Waals surface area (Å²) in [6.07, 6.45) is 1.54. The molecule has 7 heteroatoms. The number of hydrogen-bond acceptors (Lipinski definition) is 5. The molecule has 1 N–H and O–H groups in total. The number of aromatic nitrogens is 3. The van der Waals surface area contributed by atoms with Gasteiger partial charge in [-0.3, -0.25) is 14.9 Å². The number of hydrogen-bond donors (Lipinski definition) is 1. The van der Waals surface area contributed by atoms with Crippen molar-refractivity contribution in [2.75, 3.05) is 5.32 Å². The van der Waals surface area contributed by atoms with Crippen LogP contribution in [0, 0.1) is 6.92 Å². The number of pyridine rings is 1. The highest BCUT2D eigenvalue weighted by molar-refractivity contribution is 7.15. The average Bonchev–Trinajstić information content (AvgIpc) is 2.88. The number of benzene rings is 1. The molecule has 0 spiro atoms. The monoisotopic (exact) mass is 300 g/mol. The highest BCUT2D eigenvalue weighted by atomic mass is 32.1. The summed E-state index contributed by atoms with van der Waals surface area (Å²) in [5.74, 6) is -0.475. The molecular weight excluding hydrogens is 288 g/mol. The largest absolute Gasteiger partial charge is 0.350 e. The molecule has 6 nitrogen and oxygen atoms in total. The zero-order valence-corrected chi connectivity index (χ0v) is 12.3. The van der Waals surface area contributed by atoms with E-state index in [1.165, 1.54) is 17.5 Å². The molecule has 3 rings (SSSR count). The first-order valence-corrected chi connectivity index (χ1v) is 7.08. The molecule has 0 radical (unpaired) electrons. The molecule has 0 fully saturated rings. The second-order valence-electron chi connectivity index (χ2n) is 4.58. The van der Waals surface area contributed by atoms with Crippen molar-refractivity contribution in [3.63, 3.8) is 0 Å². The van der Waals surface area contributed by atoms with Crippen molar-refractivity contribution in [3.8, 4) is 0 Å². The summed E-state index contributed by atoms with van der Waals surface area (Å²) in [4.78, 5) is 24.7. The third-order valence-corrected chi connectivity index (χ3v) is 3.84. The van der Waals surface area contributed by atoms with Crippen LogP contribution in [0.2, 0.25) is 0 Å². The topological polar surface area (TPSA) is 76.9 Å². The highest BCUT2D eigenvalue weighted by Gasteiger charge is 2.15. The Labute approximate surface area is 124 Å². The maximum Gasteiger partial charge on any atom is 0.262 e. The SMILES string of the molecule is Cc1nnc(NC(=O)c2cn(C)c3ccccc3c2=O)s1. The van der Waals surface area contributed by atoms with Gasteiger partial charge in [0.25, 0.3) is 5.91 Å². The summed E-state index contributed by atoms with van der Waals surface area (Å²) in [5.41, 5.74) is 0.581. The molecule has 106 valence electrons. The van der Waals surface area contributed by atoms with Crippen LogP contribution in [-0.4, -0.2) is 20.7 Å². The number of nitrogens with zero attached hydrogens (tertiary/aromatic N) is 3. The Balaban J connectivity index is 2.06. The van der Waals surface area contributed by atoms with Crippen LogP contribution in [0.1, 0.15) is 15.4 Å². The van der Waals surface area contributed by atoms with Crippen molar-refractivity contribution in [1.29, 1.82) is 0 Å². The van der Waals surface area contributed by atoms with Crippen molar-refractivity contribution in [2.45, 2.75) is 6.92 Å². The van der Waals surface area contributed by atoms with E-state index >= 15 is 0 Å². The van der Waals surface area contributed by atoms with E-state index in [0.717, 1.165) is 10.5 Å². The lowest BCUT2D eigenvalue weighted by molar-refractivity contribution is 0.102. The standard InChI is InChI=1S/C14H12N4O2S/c1-8-16-17-14(21-8)15-13(20)10-7-18(2)11-6-4-3-5-9(11)12(10)19/h3-7H,1-2H3,(H,15,17,20). The van der Waals surface area contributed by atoms with Gasteiger partial charge in [-0.1, -0.05) is 23.5 Å². The quantitative estimate of drug-likeness (QED) is 0.784. The highest BCUT2D eigenvalue weighted by Crippen LogP contribution is 2.15. The van der Waals surface area contributed by atoms with Gasteiger partial charge in [0.2, 0.25) is 10.6 Å². The van der Waals surface area contributed by atoms with E-state index < -0.39 is 5.91 Å². The maximum atomic E-state index is 12.4. The summed E-state index contributed by atoms with van der Waals surface area (Å²) < 4.78 is 1.76. The molecule has 3 aromatic rings. The smallest absolute Gasteiger partial charge is 0.262 e. The Morgan fingerprint density at radius 2 is 2.05 bits per heavy atom. The molecule has 1 aromatic carbocycles. The molecule has 0 saturated heterocycles. The molecule has 0 unspecified atom stereocenters. The number of nitrogens with one attached hydrogen (secondary N) is 1. The molecule has 0 aliphatic carbocycles. The third-order valence-electron chi connectivity index (χ3n) is 3.09.